The number of benzene rings is 2. The van der Waals surface area contributed by atoms with Crippen molar-refractivity contribution in [3.8, 4) is 16.8 Å². The number of hydrogen-bond acceptors (Lipinski definition) is 0. The summed E-state index contributed by atoms with van der Waals surface area (Å²) in [5.74, 6) is 0. The standard InChI is InChI=1S/C24H26F3N2/c1-16-10-9-13-19-20(16)29-21(23(4,22(19,2)3)15-24(25,26)27)18(14-28(29)5)17-11-7-6-8-12-17/h6-14H,15H2,1-5H3/q+1. The Morgan fingerprint density at radius 2 is 1.62 bits per heavy atom. The summed E-state index contributed by atoms with van der Waals surface area (Å²) in [6.45, 7) is 7.68. The van der Waals surface area contributed by atoms with E-state index in [9.17, 15) is 13.2 Å². The summed E-state index contributed by atoms with van der Waals surface area (Å²) in [6, 6.07) is 15.6. The molecule has 0 amide bonds. The highest BCUT2D eigenvalue weighted by atomic mass is 19.4. The molecular formula is C24H26F3N2+. The lowest BCUT2D eigenvalue weighted by Crippen LogP contribution is -2.54. The van der Waals surface area contributed by atoms with Crippen LogP contribution in [0.3, 0.4) is 0 Å². The lowest BCUT2D eigenvalue weighted by atomic mass is 9.57. The van der Waals surface area contributed by atoms with E-state index in [1.807, 2.05) is 91.9 Å². The summed E-state index contributed by atoms with van der Waals surface area (Å²) in [5.41, 5.74) is 3.62. The van der Waals surface area contributed by atoms with Gasteiger partial charge >= 0.3 is 6.18 Å². The molecule has 2 aromatic carbocycles. The zero-order valence-corrected chi connectivity index (χ0v) is 17.4. The lowest BCUT2D eigenvalue weighted by molar-refractivity contribution is -0.745. The van der Waals surface area contributed by atoms with Gasteiger partial charge in [-0.1, -0.05) is 69.3 Å². The Balaban J connectivity index is 2.15. The minimum Gasteiger partial charge on any atom is -0.171 e. The van der Waals surface area contributed by atoms with Gasteiger partial charge in [0.1, 0.15) is 11.4 Å². The van der Waals surface area contributed by atoms with E-state index >= 15 is 0 Å². The minimum atomic E-state index is -4.28. The van der Waals surface area contributed by atoms with Crippen LogP contribution in [0.5, 0.6) is 0 Å². The van der Waals surface area contributed by atoms with Crippen LogP contribution in [0.2, 0.25) is 0 Å². The zero-order chi connectivity index (χ0) is 21.2. The molecule has 1 aliphatic heterocycles. The molecule has 0 fully saturated rings. The molecule has 2 nitrogen and oxygen atoms in total. The summed E-state index contributed by atoms with van der Waals surface area (Å²) in [7, 11) is 1.90. The third kappa shape index (κ3) is 2.82. The smallest absolute Gasteiger partial charge is 0.171 e. The molecule has 1 unspecified atom stereocenters. The number of para-hydroxylation sites is 1. The van der Waals surface area contributed by atoms with Crippen LogP contribution >= 0.6 is 0 Å². The Morgan fingerprint density at radius 1 is 0.966 bits per heavy atom. The second kappa shape index (κ2) is 6.22. The maximum absolute atomic E-state index is 13.9. The van der Waals surface area contributed by atoms with Crippen LogP contribution in [-0.4, -0.2) is 10.9 Å². The van der Waals surface area contributed by atoms with Crippen molar-refractivity contribution in [1.82, 2.24) is 4.68 Å². The molecule has 29 heavy (non-hydrogen) atoms. The highest BCUT2D eigenvalue weighted by Crippen LogP contribution is 2.56. The summed E-state index contributed by atoms with van der Waals surface area (Å²) in [6.07, 6.45) is -3.21. The SMILES string of the molecule is Cc1cccc2c1-n1c(c(-c3ccccc3)c[n+]1C)C(C)(CC(F)(F)F)C2(C)C. The third-order valence-corrected chi connectivity index (χ3v) is 6.76. The first kappa shape index (κ1) is 19.7. The number of fused-ring (bicyclic) bond motifs is 3. The van der Waals surface area contributed by atoms with E-state index in [1.54, 1.807) is 6.92 Å². The van der Waals surface area contributed by atoms with Crippen LogP contribution < -0.4 is 4.68 Å². The Labute approximate surface area is 169 Å². The van der Waals surface area contributed by atoms with E-state index in [0.29, 0.717) is 0 Å². The molecule has 1 aromatic heterocycles. The second-order valence-electron chi connectivity index (χ2n) is 8.86. The summed E-state index contributed by atoms with van der Waals surface area (Å²) < 4.78 is 45.6. The van der Waals surface area contributed by atoms with Gasteiger partial charge in [0, 0.05) is 10.8 Å². The van der Waals surface area contributed by atoms with Gasteiger partial charge in [-0.25, -0.2) is 0 Å². The normalized spacial score (nSPS) is 20.3. The quantitative estimate of drug-likeness (QED) is 0.483. The summed E-state index contributed by atoms with van der Waals surface area (Å²) in [4.78, 5) is 0. The molecule has 2 heterocycles. The average Bonchev–Trinajstić information content (AvgIpc) is 2.97. The largest absolute Gasteiger partial charge is 0.390 e. The van der Waals surface area contributed by atoms with E-state index in [1.165, 1.54) is 0 Å². The number of alkyl halides is 3. The van der Waals surface area contributed by atoms with Crippen molar-refractivity contribution in [2.45, 2.75) is 51.1 Å². The highest BCUT2D eigenvalue weighted by Gasteiger charge is 2.57. The van der Waals surface area contributed by atoms with Gasteiger partial charge in [0.15, 0.2) is 7.05 Å². The van der Waals surface area contributed by atoms with Crippen molar-refractivity contribution in [2.75, 3.05) is 0 Å². The molecule has 0 N–H and O–H groups in total. The maximum atomic E-state index is 13.9. The average molecular weight is 399 g/mol. The Kier molecular flexibility index (Phi) is 4.23. The van der Waals surface area contributed by atoms with Crippen LogP contribution in [0.4, 0.5) is 13.2 Å². The van der Waals surface area contributed by atoms with Crippen molar-refractivity contribution in [1.29, 1.82) is 0 Å². The molecule has 4 rings (SSSR count). The molecule has 0 bridgehead atoms. The molecule has 1 atom stereocenters. The van der Waals surface area contributed by atoms with Gasteiger partial charge in [-0.05, 0) is 23.6 Å². The first-order valence-electron chi connectivity index (χ1n) is 9.82. The van der Waals surface area contributed by atoms with Gasteiger partial charge in [-0.2, -0.15) is 13.2 Å². The first-order valence-corrected chi connectivity index (χ1v) is 9.82. The van der Waals surface area contributed by atoms with Crippen molar-refractivity contribution < 1.29 is 17.9 Å². The van der Waals surface area contributed by atoms with E-state index in [2.05, 4.69) is 0 Å². The Bertz CT molecular complexity index is 1080. The fraction of sp³-hybridized carbons (Fsp3) is 0.375. The van der Waals surface area contributed by atoms with Crippen LogP contribution in [0.15, 0.2) is 54.7 Å². The molecule has 1 aliphatic rings. The number of nitrogens with zero attached hydrogens (tertiary/aromatic N) is 2. The monoisotopic (exact) mass is 399 g/mol. The number of halogens is 3. The first-order chi connectivity index (χ1) is 13.5. The highest BCUT2D eigenvalue weighted by molar-refractivity contribution is 5.70. The van der Waals surface area contributed by atoms with Crippen molar-refractivity contribution in [3.63, 3.8) is 0 Å². The van der Waals surface area contributed by atoms with Crippen LogP contribution in [-0.2, 0) is 17.9 Å². The Hall–Kier alpha value is -2.56. The number of rotatable bonds is 2. The molecule has 0 saturated heterocycles. The second-order valence-corrected chi connectivity index (χ2v) is 8.86. The van der Waals surface area contributed by atoms with Crippen molar-refractivity contribution in [2.24, 2.45) is 7.05 Å². The molecular weight excluding hydrogens is 373 g/mol. The molecule has 152 valence electrons. The van der Waals surface area contributed by atoms with Gasteiger partial charge in [0.25, 0.3) is 0 Å². The predicted octanol–water partition coefficient (Wildman–Crippen LogP) is 5.78. The van der Waals surface area contributed by atoms with Gasteiger partial charge in [-0.3, -0.25) is 0 Å². The minimum absolute atomic E-state index is 0.714. The topological polar surface area (TPSA) is 8.81 Å². The van der Waals surface area contributed by atoms with Gasteiger partial charge in [0.2, 0.25) is 6.20 Å². The van der Waals surface area contributed by atoms with Crippen molar-refractivity contribution >= 4 is 0 Å². The van der Waals surface area contributed by atoms with E-state index in [4.69, 9.17) is 0 Å². The van der Waals surface area contributed by atoms with Crippen LogP contribution in [0, 0.1) is 6.92 Å². The van der Waals surface area contributed by atoms with Gasteiger partial charge in [-0.15, -0.1) is 9.36 Å². The van der Waals surface area contributed by atoms with Crippen LogP contribution in [0.25, 0.3) is 16.8 Å². The molecule has 0 saturated carbocycles. The lowest BCUT2D eigenvalue weighted by Gasteiger charge is -2.49. The molecule has 3 aromatic rings. The Morgan fingerprint density at radius 3 is 2.24 bits per heavy atom. The van der Waals surface area contributed by atoms with Gasteiger partial charge in [0.05, 0.1) is 12.0 Å². The third-order valence-electron chi connectivity index (χ3n) is 6.76. The molecule has 0 spiro atoms. The summed E-state index contributed by atoms with van der Waals surface area (Å²) in [5, 5.41) is 0. The number of hydrogen-bond donors (Lipinski definition) is 0. The van der Waals surface area contributed by atoms with Gasteiger partial charge < -0.3 is 0 Å². The maximum Gasteiger partial charge on any atom is 0.390 e. The predicted molar refractivity (Wildman–Crippen MR) is 108 cm³/mol. The zero-order valence-electron chi connectivity index (χ0n) is 17.4. The van der Waals surface area contributed by atoms with Crippen LogP contribution in [0.1, 0.15) is 44.0 Å². The fourth-order valence-corrected chi connectivity index (χ4v) is 4.95. The van der Waals surface area contributed by atoms with E-state index in [-0.39, 0.29) is 0 Å². The van der Waals surface area contributed by atoms with E-state index in [0.717, 1.165) is 33.6 Å². The van der Waals surface area contributed by atoms with Crippen molar-refractivity contribution in [3.05, 3.63) is 71.5 Å². The van der Waals surface area contributed by atoms with E-state index < -0.39 is 23.4 Å². The molecule has 0 radical (unpaired) electrons. The molecule has 0 aliphatic carbocycles. The number of aryl methyl sites for hydroxylation is 2. The number of aromatic nitrogens is 2. The molecule has 5 heteroatoms. The summed E-state index contributed by atoms with van der Waals surface area (Å²) >= 11 is 0. The fourth-order valence-electron chi connectivity index (χ4n) is 4.95.